The van der Waals surface area contributed by atoms with Gasteiger partial charge in [-0.3, -0.25) is 4.79 Å². The van der Waals surface area contributed by atoms with Crippen LogP contribution in [0.3, 0.4) is 0 Å². The Morgan fingerprint density at radius 1 is 1.25 bits per heavy atom. The van der Waals surface area contributed by atoms with Gasteiger partial charge < -0.3 is 21.9 Å². The van der Waals surface area contributed by atoms with Crippen LogP contribution in [0.5, 0.6) is 0 Å². The maximum absolute atomic E-state index is 11.8. The second-order valence-electron chi connectivity index (χ2n) is 4.63. The summed E-state index contributed by atoms with van der Waals surface area (Å²) < 4.78 is 0. The smallest absolute Gasteiger partial charge is 0.326 e. The van der Waals surface area contributed by atoms with Crippen molar-refractivity contribution in [3.63, 3.8) is 0 Å². The van der Waals surface area contributed by atoms with E-state index in [0.29, 0.717) is 19.4 Å². The summed E-state index contributed by atoms with van der Waals surface area (Å²) in [7, 11) is 0. The summed E-state index contributed by atoms with van der Waals surface area (Å²) >= 11 is 0. The number of aliphatic carboxylic acids is 1. The van der Waals surface area contributed by atoms with E-state index in [0.717, 1.165) is 5.56 Å². The van der Waals surface area contributed by atoms with Gasteiger partial charge in [-0.25, -0.2) is 4.79 Å². The van der Waals surface area contributed by atoms with Crippen molar-refractivity contribution in [2.24, 2.45) is 11.5 Å². The Hall–Kier alpha value is -1.92. The molecule has 0 aliphatic carbocycles. The van der Waals surface area contributed by atoms with E-state index in [2.05, 4.69) is 5.32 Å². The van der Waals surface area contributed by atoms with Crippen LogP contribution in [0.4, 0.5) is 0 Å². The zero-order valence-electron chi connectivity index (χ0n) is 11.3. The Morgan fingerprint density at radius 2 is 1.90 bits per heavy atom. The average molecular weight is 279 g/mol. The van der Waals surface area contributed by atoms with Crippen molar-refractivity contribution < 1.29 is 14.7 Å². The van der Waals surface area contributed by atoms with Crippen molar-refractivity contribution >= 4 is 11.9 Å². The van der Waals surface area contributed by atoms with Gasteiger partial charge >= 0.3 is 5.97 Å². The lowest BCUT2D eigenvalue weighted by atomic mass is 10.0. The van der Waals surface area contributed by atoms with E-state index in [1.54, 1.807) is 0 Å². The number of hydrogen-bond acceptors (Lipinski definition) is 4. The monoisotopic (exact) mass is 279 g/mol. The summed E-state index contributed by atoms with van der Waals surface area (Å²) in [6, 6.07) is 7.42. The Morgan fingerprint density at radius 3 is 2.45 bits per heavy atom. The van der Waals surface area contributed by atoms with E-state index in [1.807, 2.05) is 30.3 Å². The van der Waals surface area contributed by atoms with Gasteiger partial charge in [-0.1, -0.05) is 30.3 Å². The molecule has 0 fully saturated rings. The van der Waals surface area contributed by atoms with Crippen molar-refractivity contribution in [3.05, 3.63) is 35.9 Å². The van der Waals surface area contributed by atoms with Crippen molar-refractivity contribution in [1.29, 1.82) is 0 Å². The minimum Gasteiger partial charge on any atom is -0.480 e. The van der Waals surface area contributed by atoms with Crippen LogP contribution in [0.15, 0.2) is 30.3 Å². The third-order valence-corrected chi connectivity index (χ3v) is 2.95. The molecule has 0 saturated heterocycles. The van der Waals surface area contributed by atoms with Crippen LogP contribution in [0.1, 0.15) is 18.4 Å². The van der Waals surface area contributed by atoms with Crippen LogP contribution in [-0.4, -0.2) is 35.6 Å². The normalized spacial score (nSPS) is 13.5. The lowest BCUT2D eigenvalue weighted by molar-refractivity contribution is -0.142. The highest BCUT2D eigenvalue weighted by Crippen LogP contribution is 2.04. The quantitative estimate of drug-likeness (QED) is 0.528. The summed E-state index contributed by atoms with van der Waals surface area (Å²) in [5.74, 6) is -1.53. The molecule has 6 heteroatoms. The first kappa shape index (κ1) is 16.1. The first-order chi connectivity index (χ1) is 9.54. The van der Waals surface area contributed by atoms with E-state index in [4.69, 9.17) is 16.6 Å². The number of nitrogens with one attached hydrogen (secondary N) is 1. The number of nitrogens with two attached hydrogens (primary N) is 2. The minimum atomic E-state index is -1.08. The maximum atomic E-state index is 11.8. The summed E-state index contributed by atoms with van der Waals surface area (Å²) in [5, 5.41) is 11.6. The van der Waals surface area contributed by atoms with E-state index in [1.165, 1.54) is 0 Å². The lowest BCUT2D eigenvalue weighted by Crippen LogP contribution is -2.49. The molecule has 0 saturated carbocycles. The lowest BCUT2D eigenvalue weighted by Gasteiger charge is -2.17. The number of carboxylic acids is 1. The third-order valence-electron chi connectivity index (χ3n) is 2.95. The molecule has 0 unspecified atom stereocenters. The Bertz CT molecular complexity index is 437. The third kappa shape index (κ3) is 5.38. The summed E-state index contributed by atoms with van der Waals surface area (Å²) in [4.78, 5) is 23.0. The Balaban J connectivity index is 2.59. The van der Waals surface area contributed by atoms with Crippen molar-refractivity contribution in [2.45, 2.75) is 31.3 Å². The SMILES string of the molecule is NCCC[C@H](N)C(=O)N[C@@H](Cc1ccccc1)C(=O)O. The minimum absolute atomic E-state index is 0.228. The molecule has 0 radical (unpaired) electrons. The predicted molar refractivity (Wildman–Crippen MR) is 76.0 cm³/mol. The number of carbonyl (C=O) groups excluding carboxylic acids is 1. The molecular weight excluding hydrogens is 258 g/mol. The molecule has 0 spiro atoms. The van der Waals surface area contributed by atoms with Crippen LogP contribution in [0.25, 0.3) is 0 Å². The molecule has 6 N–H and O–H groups in total. The number of amides is 1. The molecule has 1 amide bonds. The first-order valence-corrected chi connectivity index (χ1v) is 6.57. The van der Waals surface area contributed by atoms with Gasteiger partial charge in [-0.05, 0) is 24.9 Å². The molecule has 0 aliphatic heterocycles. The van der Waals surface area contributed by atoms with Gasteiger partial charge in [0.25, 0.3) is 0 Å². The van der Waals surface area contributed by atoms with E-state index in [9.17, 15) is 9.59 Å². The summed E-state index contributed by atoms with van der Waals surface area (Å²) in [6.45, 7) is 0.452. The standard InChI is InChI=1S/C14H21N3O3/c15-8-4-7-11(16)13(18)17-12(14(19)20)9-10-5-2-1-3-6-10/h1-3,5-6,11-12H,4,7-9,15-16H2,(H,17,18)(H,19,20)/t11-,12-/m0/s1. The molecule has 1 aromatic rings. The van der Waals surface area contributed by atoms with E-state index < -0.39 is 24.0 Å². The number of carboxylic acid groups (broad SMARTS) is 1. The number of rotatable bonds is 8. The molecule has 1 aromatic carbocycles. The Labute approximate surface area is 118 Å². The second-order valence-corrected chi connectivity index (χ2v) is 4.63. The zero-order valence-corrected chi connectivity index (χ0v) is 11.3. The molecular formula is C14H21N3O3. The molecule has 0 heterocycles. The van der Waals surface area contributed by atoms with E-state index in [-0.39, 0.29) is 6.42 Å². The molecule has 0 aromatic heterocycles. The molecule has 110 valence electrons. The molecule has 6 nitrogen and oxygen atoms in total. The second kappa shape index (κ2) is 8.29. The molecule has 1 rings (SSSR count). The highest BCUT2D eigenvalue weighted by Gasteiger charge is 2.23. The van der Waals surface area contributed by atoms with Gasteiger partial charge in [0, 0.05) is 6.42 Å². The molecule has 0 bridgehead atoms. The fraction of sp³-hybridized carbons (Fsp3) is 0.429. The average Bonchev–Trinajstić information content (AvgIpc) is 2.44. The summed E-state index contributed by atoms with van der Waals surface area (Å²) in [5.41, 5.74) is 11.9. The van der Waals surface area contributed by atoms with Gasteiger partial charge in [-0.15, -0.1) is 0 Å². The first-order valence-electron chi connectivity index (χ1n) is 6.57. The summed E-state index contributed by atoms with van der Waals surface area (Å²) in [6.07, 6.45) is 1.30. The fourth-order valence-electron chi connectivity index (χ4n) is 1.80. The highest BCUT2D eigenvalue weighted by molar-refractivity contribution is 5.86. The van der Waals surface area contributed by atoms with E-state index >= 15 is 0 Å². The van der Waals surface area contributed by atoms with Gasteiger partial charge in [0.1, 0.15) is 6.04 Å². The maximum Gasteiger partial charge on any atom is 0.326 e. The number of benzene rings is 1. The molecule has 2 atom stereocenters. The van der Waals surface area contributed by atoms with Crippen LogP contribution < -0.4 is 16.8 Å². The fourth-order valence-corrected chi connectivity index (χ4v) is 1.80. The van der Waals surface area contributed by atoms with Gasteiger partial charge in [0.05, 0.1) is 6.04 Å². The van der Waals surface area contributed by atoms with Crippen LogP contribution in [-0.2, 0) is 16.0 Å². The zero-order chi connectivity index (χ0) is 15.0. The van der Waals surface area contributed by atoms with Crippen molar-refractivity contribution in [1.82, 2.24) is 5.32 Å². The van der Waals surface area contributed by atoms with Gasteiger partial charge in [0.2, 0.25) is 5.91 Å². The van der Waals surface area contributed by atoms with Gasteiger partial charge in [0.15, 0.2) is 0 Å². The van der Waals surface area contributed by atoms with Crippen LogP contribution in [0.2, 0.25) is 0 Å². The van der Waals surface area contributed by atoms with Crippen LogP contribution >= 0.6 is 0 Å². The number of hydrogen-bond donors (Lipinski definition) is 4. The van der Waals surface area contributed by atoms with Crippen molar-refractivity contribution in [3.8, 4) is 0 Å². The topological polar surface area (TPSA) is 118 Å². The molecule has 20 heavy (non-hydrogen) atoms. The largest absolute Gasteiger partial charge is 0.480 e. The van der Waals surface area contributed by atoms with Crippen LogP contribution in [0, 0.1) is 0 Å². The van der Waals surface area contributed by atoms with Crippen molar-refractivity contribution in [2.75, 3.05) is 6.54 Å². The molecule has 0 aliphatic rings. The Kier molecular flexibility index (Phi) is 6.69. The highest BCUT2D eigenvalue weighted by atomic mass is 16.4. The van der Waals surface area contributed by atoms with Gasteiger partial charge in [-0.2, -0.15) is 0 Å². The predicted octanol–water partition coefficient (Wildman–Crippen LogP) is -0.135. The number of carbonyl (C=O) groups is 2.